The van der Waals surface area contributed by atoms with Crippen LogP contribution in [0.1, 0.15) is 12.8 Å². The molecule has 0 aromatic rings. The van der Waals surface area contributed by atoms with E-state index in [1.807, 2.05) is 0 Å². The van der Waals surface area contributed by atoms with Gasteiger partial charge in [0.15, 0.2) is 0 Å². The van der Waals surface area contributed by atoms with Crippen LogP contribution in [0.5, 0.6) is 0 Å². The van der Waals surface area contributed by atoms with E-state index in [0.717, 1.165) is 0 Å². The molecular formula is C8H13NO4. The van der Waals surface area contributed by atoms with E-state index in [2.05, 4.69) is 0 Å². The van der Waals surface area contributed by atoms with E-state index >= 15 is 0 Å². The molecule has 1 heterocycles. The van der Waals surface area contributed by atoms with Crippen molar-refractivity contribution in [1.29, 1.82) is 0 Å². The summed E-state index contributed by atoms with van der Waals surface area (Å²) in [7, 11) is 0. The summed E-state index contributed by atoms with van der Waals surface area (Å²) in [6, 6.07) is 0. The van der Waals surface area contributed by atoms with Crippen molar-refractivity contribution in [3.05, 3.63) is 0 Å². The Morgan fingerprint density at radius 2 is 2.15 bits per heavy atom. The van der Waals surface area contributed by atoms with E-state index in [9.17, 15) is 9.59 Å². The fourth-order valence-electron chi connectivity index (χ4n) is 1.00. The number of hydrogen-bond donors (Lipinski definition) is 0. The van der Waals surface area contributed by atoms with Gasteiger partial charge in [0.05, 0.1) is 32.7 Å². The van der Waals surface area contributed by atoms with Crippen molar-refractivity contribution < 1.29 is 19.2 Å². The van der Waals surface area contributed by atoms with E-state index < -0.39 is 0 Å². The molecule has 1 fully saturated rings. The molecule has 5 nitrogen and oxygen atoms in total. The van der Waals surface area contributed by atoms with Crippen LogP contribution < -0.4 is 0 Å². The summed E-state index contributed by atoms with van der Waals surface area (Å²) in [5.74, 6) is -0.353. The van der Waals surface area contributed by atoms with Gasteiger partial charge in [-0.05, 0) is 0 Å². The van der Waals surface area contributed by atoms with Gasteiger partial charge in [-0.1, -0.05) is 0 Å². The van der Waals surface area contributed by atoms with Gasteiger partial charge in [0.1, 0.15) is 6.29 Å². The Hall–Kier alpha value is -0.940. The average Bonchev–Trinajstić information content (AvgIpc) is 2.16. The van der Waals surface area contributed by atoms with Crippen LogP contribution in [0.3, 0.4) is 0 Å². The molecule has 0 atom stereocenters. The predicted octanol–water partition coefficient (Wildman–Crippen LogP) is -0.244. The first-order valence-electron chi connectivity index (χ1n) is 4.30. The number of ether oxygens (including phenoxy) is 1. The number of morpholine rings is 1. The summed E-state index contributed by atoms with van der Waals surface area (Å²) in [5, 5.41) is 1.57. The normalized spacial score (nSPS) is 18.2. The van der Waals surface area contributed by atoms with Crippen LogP contribution in [0.2, 0.25) is 0 Å². The van der Waals surface area contributed by atoms with Gasteiger partial charge in [-0.3, -0.25) is 4.79 Å². The molecule has 0 aliphatic carbocycles. The molecule has 1 saturated heterocycles. The molecule has 1 aliphatic rings. The minimum Gasteiger partial charge on any atom is -0.379 e. The third-order valence-corrected chi connectivity index (χ3v) is 1.67. The molecule has 0 saturated carbocycles. The zero-order valence-electron chi connectivity index (χ0n) is 7.40. The lowest BCUT2D eigenvalue weighted by Gasteiger charge is -2.24. The maximum Gasteiger partial charge on any atom is 0.325 e. The quantitative estimate of drug-likeness (QED) is 0.568. The minimum absolute atomic E-state index is 0.154. The van der Waals surface area contributed by atoms with Gasteiger partial charge in [0.2, 0.25) is 0 Å². The molecule has 1 rings (SSSR count). The average molecular weight is 187 g/mol. The molecule has 0 unspecified atom stereocenters. The Morgan fingerprint density at radius 3 is 2.77 bits per heavy atom. The van der Waals surface area contributed by atoms with Gasteiger partial charge in [0.25, 0.3) is 0 Å². The molecule has 1 aliphatic heterocycles. The van der Waals surface area contributed by atoms with E-state index in [1.54, 1.807) is 5.06 Å². The highest BCUT2D eigenvalue weighted by Crippen LogP contribution is 2.00. The van der Waals surface area contributed by atoms with Crippen molar-refractivity contribution >= 4 is 12.3 Å². The van der Waals surface area contributed by atoms with Gasteiger partial charge in [-0.15, -0.1) is 5.06 Å². The van der Waals surface area contributed by atoms with Crippen LogP contribution >= 0.6 is 0 Å². The van der Waals surface area contributed by atoms with Crippen molar-refractivity contribution in [2.75, 3.05) is 26.3 Å². The van der Waals surface area contributed by atoms with Gasteiger partial charge >= 0.3 is 5.97 Å². The fraction of sp³-hybridized carbons (Fsp3) is 0.750. The first kappa shape index (κ1) is 10.1. The first-order chi connectivity index (χ1) is 6.33. The second kappa shape index (κ2) is 5.66. The standard InChI is InChI=1S/C8H13NO4/c10-5-1-2-8(11)13-9-3-6-12-7-4-9/h5H,1-4,6-7H2. The van der Waals surface area contributed by atoms with Crippen molar-refractivity contribution in [1.82, 2.24) is 5.06 Å². The number of aldehydes is 1. The van der Waals surface area contributed by atoms with Gasteiger partial charge in [-0.2, -0.15) is 0 Å². The summed E-state index contributed by atoms with van der Waals surface area (Å²) >= 11 is 0. The molecule has 13 heavy (non-hydrogen) atoms. The largest absolute Gasteiger partial charge is 0.379 e. The van der Waals surface area contributed by atoms with Gasteiger partial charge < -0.3 is 14.4 Å². The highest BCUT2D eigenvalue weighted by atomic mass is 16.7. The SMILES string of the molecule is O=CCCC(=O)ON1CCOCC1. The summed E-state index contributed by atoms with van der Waals surface area (Å²) in [4.78, 5) is 25.9. The van der Waals surface area contributed by atoms with Gasteiger partial charge in [-0.25, -0.2) is 0 Å². The predicted molar refractivity (Wildman–Crippen MR) is 43.8 cm³/mol. The molecular weight excluding hydrogens is 174 g/mol. The van der Waals surface area contributed by atoms with Crippen LogP contribution in [0, 0.1) is 0 Å². The zero-order valence-corrected chi connectivity index (χ0v) is 7.40. The van der Waals surface area contributed by atoms with Crippen LogP contribution in [-0.2, 0) is 19.2 Å². The maximum atomic E-state index is 11.0. The van der Waals surface area contributed by atoms with Crippen molar-refractivity contribution in [3.8, 4) is 0 Å². The van der Waals surface area contributed by atoms with E-state index in [0.29, 0.717) is 32.6 Å². The Labute approximate surface area is 76.6 Å². The molecule has 0 spiro atoms. The van der Waals surface area contributed by atoms with E-state index in [-0.39, 0.29) is 18.8 Å². The Balaban J connectivity index is 2.14. The van der Waals surface area contributed by atoms with Crippen LogP contribution in [-0.4, -0.2) is 43.6 Å². The van der Waals surface area contributed by atoms with Crippen LogP contribution in [0.25, 0.3) is 0 Å². The number of rotatable bonds is 4. The number of carbonyl (C=O) groups excluding carboxylic acids is 2. The van der Waals surface area contributed by atoms with E-state index in [1.165, 1.54) is 0 Å². The van der Waals surface area contributed by atoms with Crippen molar-refractivity contribution in [3.63, 3.8) is 0 Å². The Kier molecular flexibility index (Phi) is 4.42. The van der Waals surface area contributed by atoms with Crippen molar-refractivity contribution in [2.24, 2.45) is 0 Å². The highest BCUT2D eigenvalue weighted by molar-refractivity contribution is 5.72. The number of carbonyl (C=O) groups is 2. The highest BCUT2D eigenvalue weighted by Gasteiger charge is 2.14. The molecule has 0 bridgehead atoms. The summed E-state index contributed by atoms with van der Waals surface area (Å²) in [5.41, 5.74) is 0. The third-order valence-electron chi connectivity index (χ3n) is 1.67. The monoisotopic (exact) mass is 187 g/mol. The Bertz CT molecular complexity index is 177. The molecule has 0 N–H and O–H groups in total. The van der Waals surface area contributed by atoms with E-state index in [4.69, 9.17) is 9.57 Å². The lowest BCUT2D eigenvalue weighted by atomic mass is 10.3. The third kappa shape index (κ3) is 4.00. The summed E-state index contributed by atoms with van der Waals surface area (Å²) in [6.07, 6.45) is 1.09. The number of hydrogen-bond acceptors (Lipinski definition) is 5. The van der Waals surface area contributed by atoms with Crippen LogP contribution in [0.15, 0.2) is 0 Å². The minimum atomic E-state index is -0.353. The first-order valence-corrected chi connectivity index (χ1v) is 4.30. The second-order valence-corrected chi connectivity index (χ2v) is 2.71. The maximum absolute atomic E-state index is 11.0. The molecule has 5 heteroatoms. The summed E-state index contributed by atoms with van der Waals surface area (Å²) in [6.45, 7) is 2.38. The molecule has 74 valence electrons. The molecule has 0 amide bonds. The lowest BCUT2D eigenvalue weighted by molar-refractivity contribution is -0.205. The number of hydroxylamine groups is 2. The summed E-state index contributed by atoms with van der Waals surface area (Å²) < 4.78 is 5.07. The van der Waals surface area contributed by atoms with Gasteiger partial charge in [0, 0.05) is 6.42 Å². The molecule has 0 aromatic carbocycles. The molecule has 0 aromatic heterocycles. The number of nitrogens with zero attached hydrogens (tertiary/aromatic N) is 1. The fourth-order valence-corrected chi connectivity index (χ4v) is 1.00. The van der Waals surface area contributed by atoms with Crippen molar-refractivity contribution in [2.45, 2.75) is 12.8 Å². The van der Waals surface area contributed by atoms with Crippen LogP contribution in [0.4, 0.5) is 0 Å². The topological polar surface area (TPSA) is 55.8 Å². The smallest absolute Gasteiger partial charge is 0.325 e. The zero-order chi connectivity index (χ0) is 9.52. The molecule has 0 radical (unpaired) electrons. The Morgan fingerprint density at radius 1 is 1.46 bits per heavy atom. The second-order valence-electron chi connectivity index (χ2n) is 2.71. The lowest BCUT2D eigenvalue weighted by Crippen LogP contribution is -2.37.